The van der Waals surface area contributed by atoms with Crippen molar-refractivity contribution in [2.45, 2.75) is 26.7 Å². The van der Waals surface area contributed by atoms with Gasteiger partial charge < -0.3 is 10.1 Å². The van der Waals surface area contributed by atoms with Crippen molar-refractivity contribution in [3.8, 4) is 5.75 Å². The predicted octanol–water partition coefficient (Wildman–Crippen LogP) is 4.10. The summed E-state index contributed by atoms with van der Waals surface area (Å²) < 4.78 is 5.57. The van der Waals surface area contributed by atoms with E-state index in [4.69, 9.17) is 4.74 Å². The minimum atomic E-state index is 0.0281. The molecule has 21 heavy (non-hydrogen) atoms. The number of carbonyl (C=O) groups excluding carboxylic acids is 1. The van der Waals surface area contributed by atoms with E-state index >= 15 is 0 Å². The van der Waals surface area contributed by atoms with E-state index in [2.05, 4.69) is 5.32 Å². The molecule has 0 fully saturated rings. The van der Waals surface area contributed by atoms with Gasteiger partial charge in [-0.05, 0) is 49.6 Å². The molecule has 0 aliphatic heterocycles. The molecule has 2 aromatic carbocycles. The van der Waals surface area contributed by atoms with Gasteiger partial charge in [-0.1, -0.05) is 30.3 Å². The maximum atomic E-state index is 11.9. The van der Waals surface area contributed by atoms with Crippen molar-refractivity contribution in [3.05, 3.63) is 59.7 Å². The highest BCUT2D eigenvalue weighted by molar-refractivity contribution is 5.91. The number of hydrogen-bond donors (Lipinski definition) is 1. The van der Waals surface area contributed by atoms with Crippen molar-refractivity contribution in [2.24, 2.45) is 0 Å². The molecule has 0 spiro atoms. The summed E-state index contributed by atoms with van der Waals surface area (Å²) in [6.07, 6.45) is 1.16. The second-order valence-corrected chi connectivity index (χ2v) is 5.13. The Hall–Kier alpha value is -2.29. The number of carbonyl (C=O) groups is 1. The topological polar surface area (TPSA) is 38.3 Å². The van der Waals surface area contributed by atoms with Crippen LogP contribution in [-0.4, -0.2) is 12.5 Å². The third-order valence-corrected chi connectivity index (χ3v) is 3.23. The number of rotatable bonds is 6. The van der Waals surface area contributed by atoms with Crippen molar-refractivity contribution < 1.29 is 9.53 Å². The number of ether oxygens (including phenoxy) is 1. The lowest BCUT2D eigenvalue weighted by atomic mass is 10.1. The summed E-state index contributed by atoms with van der Waals surface area (Å²) in [7, 11) is 0. The molecule has 0 atom stereocenters. The zero-order valence-corrected chi connectivity index (χ0v) is 12.6. The average Bonchev–Trinajstić information content (AvgIpc) is 2.48. The first-order valence-corrected chi connectivity index (χ1v) is 7.20. The van der Waals surface area contributed by atoms with Crippen LogP contribution in [0.15, 0.2) is 48.5 Å². The zero-order chi connectivity index (χ0) is 15.1. The molecule has 0 saturated carbocycles. The van der Waals surface area contributed by atoms with Gasteiger partial charge in [-0.15, -0.1) is 0 Å². The molecule has 1 amide bonds. The van der Waals surface area contributed by atoms with Crippen LogP contribution in [-0.2, 0) is 4.79 Å². The molecule has 0 aromatic heterocycles. The Balaban J connectivity index is 1.74. The molecule has 110 valence electrons. The molecule has 0 radical (unpaired) electrons. The number of anilines is 1. The van der Waals surface area contributed by atoms with Gasteiger partial charge in [0.1, 0.15) is 5.75 Å². The van der Waals surface area contributed by atoms with Gasteiger partial charge in [-0.25, -0.2) is 0 Å². The highest BCUT2D eigenvalue weighted by Gasteiger charge is 2.05. The smallest absolute Gasteiger partial charge is 0.224 e. The number of nitrogens with one attached hydrogen (secondary N) is 1. The summed E-state index contributed by atoms with van der Waals surface area (Å²) in [5, 5.41) is 2.96. The molecular formula is C18H21NO2. The van der Waals surface area contributed by atoms with E-state index in [1.807, 2.05) is 62.4 Å². The van der Waals surface area contributed by atoms with E-state index in [-0.39, 0.29) is 5.91 Å². The monoisotopic (exact) mass is 283 g/mol. The first-order valence-electron chi connectivity index (χ1n) is 7.20. The molecule has 2 rings (SSSR count). The highest BCUT2D eigenvalue weighted by atomic mass is 16.5. The quantitative estimate of drug-likeness (QED) is 0.810. The van der Waals surface area contributed by atoms with Crippen LogP contribution in [0.25, 0.3) is 0 Å². The molecule has 0 aliphatic carbocycles. The van der Waals surface area contributed by atoms with Crippen LogP contribution in [0.5, 0.6) is 5.75 Å². The second kappa shape index (κ2) is 7.48. The Morgan fingerprint density at radius 3 is 2.62 bits per heavy atom. The normalized spacial score (nSPS) is 10.2. The first-order chi connectivity index (χ1) is 10.1. The number of hydrogen-bond acceptors (Lipinski definition) is 2. The SMILES string of the molecule is Cc1ccc(C)c(NC(=O)CCCOc2ccccc2)c1. The first kappa shape index (κ1) is 15.1. The van der Waals surface area contributed by atoms with E-state index in [1.54, 1.807) is 0 Å². The molecular weight excluding hydrogens is 262 g/mol. The van der Waals surface area contributed by atoms with Crippen molar-refractivity contribution in [2.75, 3.05) is 11.9 Å². The molecule has 3 heteroatoms. The standard InChI is InChI=1S/C18H21NO2/c1-14-10-11-15(2)17(13-14)19-18(20)9-6-12-21-16-7-4-3-5-8-16/h3-5,7-8,10-11,13H,6,9,12H2,1-2H3,(H,19,20). The fourth-order valence-electron chi connectivity index (χ4n) is 2.02. The maximum absolute atomic E-state index is 11.9. The van der Waals surface area contributed by atoms with Gasteiger partial charge in [0.25, 0.3) is 0 Å². The Morgan fingerprint density at radius 2 is 1.86 bits per heavy atom. The van der Waals surface area contributed by atoms with E-state index in [0.717, 1.165) is 22.6 Å². The minimum Gasteiger partial charge on any atom is -0.494 e. The van der Waals surface area contributed by atoms with Crippen LogP contribution < -0.4 is 10.1 Å². The largest absolute Gasteiger partial charge is 0.494 e. The summed E-state index contributed by atoms with van der Waals surface area (Å²) in [5.74, 6) is 0.868. The van der Waals surface area contributed by atoms with Crippen molar-refractivity contribution >= 4 is 11.6 Å². The molecule has 3 nitrogen and oxygen atoms in total. The van der Waals surface area contributed by atoms with Crippen LogP contribution in [0.4, 0.5) is 5.69 Å². The molecule has 0 unspecified atom stereocenters. The van der Waals surface area contributed by atoms with Crippen LogP contribution in [0, 0.1) is 13.8 Å². The molecule has 0 saturated heterocycles. The van der Waals surface area contributed by atoms with E-state index in [9.17, 15) is 4.79 Å². The highest BCUT2D eigenvalue weighted by Crippen LogP contribution is 2.16. The number of benzene rings is 2. The van der Waals surface area contributed by atoms with Gasteiger partial charge in [0.15, 0.2) is 0 Å². The van der Waals surface area contributed by atoms with Crippen LogP contribution in [0.1, 0.15) is 24.0 Å². The van der Waals surface area contributed by atoms with Crippen LogP contribution in [0.2, 0.25) is 0 Å². The fraction of sp³-hybridized carbons (Fsp3) is 0.278. The Morgan fingerprint density at radius 1 is 1.10 bits per heavy atom. The third-order valence-electron chi connectivity index (χ3n) is 3.23. The summed E-state index contributed by atoms with van der Waals surface area (Å²) in [4.78, 5) is 11.9. The Kier molecular flexibility index (Phi) is 5.38. The molecule has 1 N–H and O–H groups in total. The Labute approximate surface area is 126 Å². The molecule has 0 bridgehead atoms. The van der Waals surface area contributed by atoms with Gasteiger partial charge in [-0.2, -0.15) is 0 Å². The van der Waals surface area contributed by atoms with Crippen molar-refractivity contribution in [1.82, 2.24) is 0 Å². The third kappa shape index (κ3) is 4.95. The summed E-state index contributed by atoms with van der Waals surface area (Å²) in [6, 6.07) is 15.7. The van der Waals surface area contributed by atoms with Crippen LogP contribution >= 0.6 is 0 Å². The number of para-hydroxylation sites is 1. The summed E-state index contributed by atoms with van der Waals surface area (Å²) in [6.45, 7) is 4.56. The fourth-order valence-corrected chi connectivity index (χ4v) is 2.02. The average molecular weight is 283 g/mol. The van der Waals surface area contributed by atoms with Crippen molar-refractivity contribution in [3.63, 3.8) is 0 Å². The molecule has 0 heterocycles. The van der Waals surface area contributed by atoms with Crippen LogP contribution in [0.3, 0.4) is 0 Å². The predicted molar refractivity (Wildman–Crippen MR) is 85.7 cm³/mol. The maximum Gasteiger partial charge on any atom is 0.224 e. The lowest BCUT2D eigenvalue weighted by Gasteiger charge is -2.10. The summed E-state index contributed by atoms with van der Waals surface area (Å²) >= 11 is 0. The van der Waals surface area contributed by atoms with Gasteiger partial charge in [-0.3, -0.25) is 4.79 Å². The van der Waals surface area contributed by atoms with E-state index in [1.165, 1.54) is 0 Å². The van der Waals surface area contributed by atoms with E-state index in [0.29, 0.717) is 19.4 Å². The molecule has 0 aliphatic rings. The molecule has 2 aromatic rings. The van der Waals surface area contributed by atoms with Gasteiger partial charge in [0, 0.05) is 12.1 Å². The lowest BCUT2D eigenvalue weighted by Crippen LogP contribution is -2.13. The Bertz CT molecular complexity index is 593. The van der Waals surface area contributed by atoms with Crippen molar-refractivity contribution in [1.29, 1.82) is 0 Å². The van der Waals surface area contributed by atoms with Gasteiger partial charge in [0.05, 0.1) is 6.61 Å². The summed E-state index contributed by atoms with van der Waals surface area (Å²) in [5.41, 5.74) is 3.11. The zero-order valence-electron chi connectivity index (χ0n) is 12.6. The number of aryl methyl sites for hydroxylation is 2. The van der Waals surface area contributed by atoms with Gasteiger partial charge >= 0.3 is 0 Å². The van der Waals surface area contributed by atoms with E-state index < -0.39 is 0 Å². The second-order valence-electron chi connectivity index (χ2n) is 5.13. The number of amides is 1. The lowest BCUT2D eigenvalue weighted by molar-refractivity contribution is -0.116. The minimum absolute atomic E-state index is 0.0281. The van der Waals surface area contributed by atoms with Gasteiger partial charge in [0.2, 0.25) is 5.91 Å².